The number of aryl methyl sites for hydroxylation is 1. The summed E-state index contributed by atoms with van der Waals surface area (Å²) in [6.07, 6.45) is 0. The topological polar surface area (TPSA) is 12.0 Å². The van der Waals surface area contributed by atoms with Crippen molar-refractivity contribution < 1.29 is 0 Å². The van der Waals surface area contributed by atoms with Gasteiger partial charge >= 0.3 is 0 Å². The molecule has 2 rings (SSSR count). The number of hydrogen-bond donors (Lipinski definition) is 1. The molecule has 0 atom stereocenters. The fourth-order valence-corrected chi connectivity index (χ4v) is 4.15. The highest BCUT2D eigenvalue weighted by Gasteiger charge is 2.11. The Morgan fingerprint density at radius 3 is 2.15 bits per heavy atom. The van der Waals surface area contributed by atoms with Gasteiger partial charge in [0, 0.05) is 26.1 Å². The Morgan fingerprint density at radius 1 is 1.00 bits per heavy atom. The predicted molar refractivity (Wildman–Crippen MR) is 95.4 cm³/mol. The average molecular weight is 458 g/mol. The molecular formula is C14H10Br2Cl3N. The summed E-state index contributed by atoms with van der Waals surface area (Å²) in [7, 11) is 0. The van der Waals surface area contributed by atoms with Gasteiger partial charge in [-0.25, -0.2) is 0 Å². The molecule has 0 saturated carbocycles. The lowest BCUT2D eigenvalue weighted by atomic mass is 10.2. The molecule has 106 valence electrons. The molecular weight excluding hydrogens is 448 g/mol. The molecule has 0 amide bonds. The van der Waals surface area contributed by atoms with Crippen LogP contribution in [0.2, 0.25) is 15.1 Å². The minimum absolute atomic E-state index is 0.478. The number of rotatable bonds is 3. The Bertz CT molecular complexity index is 636. The molecule has 0 radical (unpaired) electrons. The van der Waals surface area contributed by atoms with Crippen LogP contribution >= 0.6 is 66.7 Å². The Hall–Kier alpha value is 0.0700. The van der Waals surface area contributed by atoms with Gasteiger partial charge in [-0.3, -0.25) is 0 Å². The van der Waals surface area contributed by atoms with Gasteiger partial charge in [-0.2, -0.15) is 0 Å². The van der Waals surface area contributed by atoms with Crippen LogP contribution in [0.15, 0.2) is 33.2 Å². The zero-order valence-corrected chi connectivity index (χ0v) is 15.8. The molecule has 0 aliphatic heterocycles. The molecule has 2 aromatic rings. The largest absolute Gasteiger partial charge is 0.379 e. The molecule has 0 spiro atoms. The third-order valence-corrected chi connectivity index (χ3v) is 5.22. The van der Waals surface area contributed by atoms with Crippen molar-refractivity contribution >= 4 is 72.4 Å². The van der Waals surface area contributed by atoms with Crippen LogP contribution in [0.3, 0.4) is 0 Å². The summed E-state index contributed by atoms with van der Waals surface area (Å²) in [5.74, 6) is 0. The van der Waals surface area contributed by atoms with E-state index in [4.69, 9.17) is 34.8 Å². The van der Waals surface area contributed by atoms with Crippen molar-refractivity contribution in [2.45, 2.75) is 13.5 Å². The van der Waals surface area contributed by atoms with Gasteiger partial charge < -0.3 is 5.32 Å². The third kappa shape index (κ3) is 3.63. The summed E-state index contributed by atoms with van der Waals surface area (Å²) in [5.41, 5.74) is 2.89. The number of anilines is 1. The first-order chi connectivity index (χ1) is 9.40. The fourth-order valence-electron chi connectivity index (χ4n) is 1.78. The van der Waals surface area contributed by atoms with Gasteiger partial charge in [-0.05, 0) is 68.6 Å². The molecule has 0 aromatic heterocycles. The zero-order valence-electron chi connectivity index (χ0n) is 10.4. The summed E-state index contributed by atoms with van der Waals surface area (Å²) in [6, 6.07) is 7.50. The van der Waals surface area contributed by atoms with E-state index in [0.717, 1.165) is 25.8 Å². The minimum Gasteiger partial charge on any atom is -0.379 e. The molecule has 1 N–H and O–H groups in total. The number of benzene rings is 2. The smallest absolute Gasteiger partial charge is 0.0657 e. The van der Waals surface area contributed by atoms with E-state index in [1.807, 2.05) is 19.1 Å². The molecule has 0 aliphatic rings. The van der Waals surface area contributed by atoms with Gasteiger partial charge in [0.25, 0.3) is 0 Å². The lowest BCUT2D eigenvalue weighted by Gasteiger charge is -2.14. The molecule has 0 unspecified atom stereocenters. The Balaban J connectivity index is 2.28. The van der Waals surface area contributed by atoms with Gasteiger partial charge in [0.2, 0.25) is 0 Å². The highest BCUT2D eigenvalue weighted by Crippen LogP contribution is 2.35. The molecule has 2 aromatic carbocycles. The summed E-state index contributed by atoms with van der Waals surface area (Å²) in [6.45, 7) is 2.52. The second-order valence-electron chi connectivity index (χ2n) is 4.28. The van der Waals surface area contributed by atoms with Crippen LogP contribution in [0.5, 0.6) is 0 Å². The standard InChI is InChI=1S/C14H10Br2Cl3N/c1-7-4-9(15)14(10(16)5-7)20-6-8-11(17)2-3-12(18)13(8)19/h2-5,20H,6H2,1H3. The molecule has 0 heterocycles. The van der Waals surface area contributed by atoms with Gasteiger partial charge in [-0.15, -0.1) is 0 Å². The maximum Gasteiger partial charge on any atom is 0.0657 e. The molecule has 0 aliphatic carbocycles. The van der Waals surface area contributed by atoms with Crippen molar-refractivity contribution in [1.82, 2.24) is 0 Å². The van der Waals surface area contributed by atoms with Gasteiger partial charge in [-0.1, -0.05) is 34.8 Å². The summed E-state index contributed by atoms with van der Waals surface area (Å²) in [4.78, 5) is 0. The lowest BCUT2D eigenvalue weighted by Crippen LogP contribution is -2.03. The van der Waals surface area contributed by atoms with Crippen molar-refractivity contribution in [2.24, 2.45) is 0 Å². The molecule has 0 saturated heterocycles. The second-order valence-corrected chi connectivity index (χ2v) is 7.18. The summed E-state index contributed by atoms with van der Waals surface area (Å²) >= 11 is 25.4. The van der Waals surface area contributed by atoms with Crippen LogP contribution in [0.1, 0.15) is 11.1 Å². The van der Waals surface area contributed by atoms with Crippen LogP contribution in [0.25, 0.3) is 0 Å². The van der Waals surface area contributed by atoms with E-state index < -0.39 is 0 Å². The van der Waals surface area contributed by atoms with Crippen molar-refractivity contribution in [2.75, 3.05) is 5.32 Å². The van der Waals surface area contributed by atoms with Gasteiger partial charge in [0.1, 0.15) is 0 Å². The molecule has 20 heavy (non-hydrogen) atoms. The zero-order chi connectivity index (χ0) is 14.9. The first-order valence-electron chi connectivity index (χ1n) is 5.72. The van der Waals surface area contributed by atoms with E-state index in [9.17, 15) is 0 Å². The monoisotopic (exact) mass is 455 g/mol. The second kappa shape index (κ2) is 6.89. The first-order valence-corrected chi connectivity index (χ1v) is 8.44. The van der Waals surface area contributed by atoms with Crippen molar-refractivity contribution in [1.29, 1.82) is 0 Å². The van der Waals surface area contributed by atoms with Crippen LogP contribution in [0.4, 0.5) is 5.69 Å². The summed E-state index contributed by atoms with van der Waals surface area (Å²) in [5, 5.41) is 4.87. The maximum atomic E-state index is 6.19. The van der Waals surface area contributed by atoms with E-state index >= 15 is 0 Å². The Morgan fingerprint density at radius 2 is 1.55 bits per heavy atom. The normalized spacial score (nSPS) is 10.7. The van der Waals surface area contributed by atoms with E-state index in [1.54, 1.807) is 12.1 Å². The highest BCUT2D eigenvalue weighted by atomic mass is 79.9. The first kappa shape index (κ1) is 16.4. The predicted octanol–water partition coefficient (Wildman–Crippen LogP) is 7.09. The lowest BCUT2D eigenvalue weighted by molar-refractivity contribution is 1.14. The van der Waals surface area contributed by atoms with Crippen LogP contribution < -0.4 is 5.32 Å². The van der Waals surface area contributed by atoms with E-state index in [-0.39, 0.29) is 0 Å². The molecule has 6 heteroatoms. The number of halogens is 5. The average Bonchev–Trinajstić information content (AvgIpc) is 2.36. The Labute approximate surface area is 149 Å². The van der Waals surface area contributed by atoms with Crippen LogP contribution in [-0.2, 0) is 6.54 Å². The van der Waals surface area contributed by atoms with Crippen molar-refractivity contribution in [3.05, 3.63) is 59.4 Å². The van der Waals surface area contributed by atoms with Crippen molar-refractivity contribution in [3.63, 3.8) is 0 Å². The van der Waals surface area contributed by atoms with Gasteiger partial charge in [0.15, 0.2) is 0 Å². The van der Waals surface area contributed by atoms with Crippen LogP contribution in [0, 0.1) is 6.92 Å². The van der Waals surface area contributed by atoms with Gasteiger partial charge in [0.05, 0.1) is 15.7 Å². The van der Waals surface area contributed by atoms with Crippen molar-refractivity contribution in [3.8, 4) is 0 Å². The number of nitrogens with one attached hydrogen (secondary N) is 1. The van der Waals surface area contributed by atoms with Crippen LogP contribution in [-0.4, -0.2) is 0 Å². The summed E-state index contributed by atoms with van der Waals surface area (Å²) < 4.78 is 1.94. The molecule has 0 fully saturated rings. The Kier molecular flexibility index (Phi) is 5.66. The molecule has 0 bridgehead atoms. The highest BCUT2D eigenvalue weighted by molar-refractivity contribution is 9.11. The third-order valence-electron chi connectivity index (χ3n) is 2.77. The maximum absolute atomic E-state index is 6.19. The number of hydrogen-bond acceptors (Lipinski definition) is 1. The molecule has 1 nitrogen and oxygen atoms in total. The van der Waals surface area contributed by atoms with E-state index in [1.165, 1.54) is 0 Å². The minimum atomic E-state index is 0.478. The quantitative estimate of drug-likeness (QED) is 0.484. The SMILES string of the molecule is Cc1cc(Br)c(NCc2c(Cl)ccc(Cl)c2Cl)c(Br)c1. The fraction of sp³-hybridized carbons (Fsp3) is 0.143. The van der Waals surface area contributed by atoms with E-state index in [2.05, 4.69) is 37.2 Å². The van der Waals surface area contributed by atoms with E-state index in [0.29, 0.717) is 21.6 Å².